The SMILES string of the molecule is Cc1csc(COc2ccc(C(=O)NC3CCCCC3)cc2)n1. The second kappa shape index (κ2) is 7.59. The minimum absolute atomic E-state index is 0.0130. The number of amides is 1. The van der Waals surface area contributed by atoms with Crippen molar-refractivity contribution in [3.8, 4) is 5.75 Å². The monoisotopic (exact) mass is 330 g/mol. The number of carbonyl (C=O) groups excluding carboxylic acids is 1. The fourth-order valence-corrected chi connectivity index (χ4v) is 3.52. The average molecular weight is 330 g/mol. The molecule has 1 saturated carbocycles. The van der Waals surface area contributed by atoms with Crippen molar-refractivity contribution in [1.29, 1.82) is 0 Å². The summed E-state index contributed by atoms with van der Waals surface area (Å²) in [4.78, 5) is 16.6. The molecule has 23 heavy (non-hydrogen) atoms. The molecule has 0 spiro atoms. The minimum atomic E-state index is 0.0130. The van der Waals surface area contributed by atoms with Gasteiger partial charge in [-0.05, 0) is 44.0 Å². The highest BCUT2D eigenvalue weighted by Gasteiger charge is 2.16. The summed E-state index contributed by atoms with van der Waals surface area (Å²) >= 11 is 1.60. The number of ether oxygens (including phenoxy) is 1. The van der Waals surface area contributed by atoms with Crippen LogP contribution < -0.4 is 10.1 Å². The highest BCUT2D eigenvalue weighted by atomic mass is 32.1. The van der Waals surface area contributed by atoms with Crippen LogP contribution in [0.5, 0.6) is 5.75 Å². The molecular formula is C18H22N2O2S. The van der Waals surface area contributed by atoms with E-state index in [1.165, 1.54) is 19.3 Å². The summed E-state index contributed by atoms with van der Waals surface area (Å²) < 4.78 is 5.71. The summed E-state index contributed by atoms with van der Waals surface area (Å²) in [7, 11) is 0. The molecule has 1 heterocycles. The number of nitrogens with zero attached hydrogens (tertiary/aromatic N) is 1. The Hall–Kier alpha value is -1.88. The standard InChI is InChI=1S/C18H22N2O2S/c1-13-12-23-17(19-13)11-22-16-9-7-14(8-10-16)18(21)20-15-5-3-2-4-6-15/h7-10,12,15H,2-6,11H2,1H3,(H,20,21). The van der Waals surface area contributed by atoms with Gasteiger partial charge in [0, 0.05) is 22.7 Å². The Balaban J connectivity index is 1.52. The number of hydrogen-bond donors (Lipinski definition) is 1. The molecule has 2 aromatic rings. The van der Waals surface area contributed by atoms with E-state index in [-0.39, 0.29) is 5.91 Å². The number of aryl methyl sites for hydroxylation is 1. The van der Waals surface area contributed by atoms with Gasteiger partial charge in [0.25, 0.3) is 5.91 Å². The van der Waals surface area contributed by atoms with E-state index in [1.807, 2.05) is 36.6 Å². The van der Waals surface area contributed by atoms with Gasteiger partial charge >= 0.3 is 0 Å². The Morgan fingerprint density at radius 3 is 2.65 bits per heavy atom. The molecule has 0 saturated heterocycles. The summed E-state index contributed by atoms with van der Waals surface area (Å²) in [5.41, 5.74) is 1.70. The van der Waals surface area contributed by atoms with E-state index in [0.717, 1.165) is 29.3 Å². The third kappa shape index (κ3) is 4.55. The number of thiazole rings is 1. The molecule has 1 N–H and O–H groups in total. The van der Waals surface area contributed by atoms with Gasteiger partial charge in [0.15, 0.2) is 0 Å². The van der Waals surface area contributed by atoms with E-state index in [9.17, 15) is 4.79 Å². The number of carbonyl (C=O) groups is 1. The van der Waals surface area contributed by atoms with Gasteiger partial charge in [0.05, 0.1) is 0 Å². The molecule has 1 aromatic heterocycles. The van der Waals surface area contributed by atoms with Gasteiger partial charge in [-0.25, -0.2) is 4.98 Å². The van der Waals surface area contributed by atoms with Crippen LogP contribution in [0.15, 0.2) is 29.6 Å². The number of rotatable bonds is 5. The van der Waals surface area contributed by atoms with E-state index in [4.69, 9.17) is 4.74 Å². The van der Waals surface area contributed by atoms with Crippen LogP contribution in [0.1, 0.15) is 53.2 Å². The van der Waals surface area contributed by atoms with Crippen LogP contribution in [-0.4, -0.2) is 16.9 Å². The maximum Gasteiger partial charge on any atom is 0.251 e. The molecule has 0 radical (unpaired) electrons. The number of nitrogens with one attached hydrogen (secondary N) is 1. The maximum atomic E-state index is 12.2. The molecule has 0 unspecified atom stereocenters. The van der Waals surface area contributed by atoms with Crippen LogP contribution >= 0.6 is 11.3 Å². The molecule has 1 fully saturated rings. The lowest BCUT2D eigenvalue weighted by atomic mass is 9.95. The van der Waals surface area contributed by atoms with Gasteiger partial charge < -0.3 is 10.1 Å². The van der Waals surface area contributed by atoms with Gasteiger partial charge in [-0.3, -0.25) is 4.79 Å². The smallest absolute Gasteiger partial charge is 0.251 e. The predicted octanol–water partition coefficient (Wildman–Crippen LogP) is 4.09. The highest BCUT2D eigenvalue weighted by molar-refractivity contribution is 7.09. The summed E-state index contributed by atoms with van der Waals surface area (Å²) in [6.45, 7) is 2.44. The van der Waals surface area contributed by atoms with Crippen molar-refractivity contribution in [2.75, 3.05) is 0 Å². The number of benzene rings is 1. The van der Waals surface area contributed by atoms with Crippen LogP contribution in [0.25, 0.3) is 0 Å². The van der Waals surface area contributed by atoms with Crippen molar-refractivity contribution >= 4 is 17.2 Å². The Kier molecular flexibility index (Phi) is 5.28. The van der Waals surface area contributed by atoms with Crippen LogP contribution in [0.3, 0.4) is 0 Å². The first-order valence-electron chi connectivity index (χ1n) is 8.15. The zero-order valence-corrected chi connectivity index (χ0v) is 14.2. The van der Waals surface area contributed by atoms with E-state index < -0.39 is 0 Å². The van der Waals surface area contributed by atoms with Crippen molar-refractivity contribution in [3.63, 3.8) is 0 Å². The first-order valence-corrected chi connectivity index (χ1v) is 9.03. The molecule has 0 atom stereocenters. The van der Waals surface area contributed by atoms with E-state index in [2.05, 4.69) is 10.3 Å². The third-order valence-corrected chi connectivity index (χ3v) is 5.03. The molecule has 1 aliphatic rings. The molecule has 1 aromatic carbocycles. The average Bonchev–Trinajstić information content (AvgIpc) is 3.00. The molecular weight excluding hydrogens is 308 g/mol. The Morgan fingerprint density at radius 2 is 2.00 bits per heavy atom. The van der Waals surface area contributed by atoms with Gasteiger partial charge in [-0.1, -0.05) is 19.3 Å². The predicted molar refractivity (Wildman–Crippen MR) is 92.0 cm³/mol. The molecule has 0 aliphatic heterocycles. The van der Waals surface area contributed by atoms with Gasteiger partial charge in [-0.15, -0.1) is 11.3 Å². The number of hydrogen-bond acceptors (Lipinski definition) is 4. The largest absolute Gasteiger partial charge is 0.486 e. The summed E-state index contributed by atoms with van der Waals surface area (Å²) in [6.07, 6.45) is 5.92. The highest BCUT2D eigenvalue weighted by Crippen LogP contribution is 2.19. The van der Waals surface area contributed by atoms with Crippen LogP contribution in [0.4, 0.5) is 0 Å². The maximum absolute atomic E-state index is 12.2. The molecule has 1 amide bonds. The second-order valence-corrected chi connectivity index (χ2v) is 6.95. The van der Waals surface area contributed by atoms with E-state index in [0.29, 0.717) is 18.2 Å². The fourth-order valence-electron chi connectivity index (χ4n) is 2.83. The van der Waals surface area contributed by atoms with Crippen molar-refractivity contribution in [2.24, 2.45) is 0 Å². The lowest BCUT2D eigenvalue weighted by Crippen LogP contribution is -2.36. The summed E-state index contributed by atoms with van der Waals surface area (Å²) in [6, 6.07) is 7.66. The zero-order chi connectivity index (χ0) is 16.1. The molecule has 122 valence electrons. The summed E-state index contributed by atoms with van der Waals surface area (Å²) in [5.74, 6) is 0.770. The van der Waals surface area contributed by atoms with E-state index >= 15 is 0 Å². The third-order valence-electron chi connectivity index (χ3n) is 4.09. The Morgan fingerprint density at radius 1 is 1.26 bits per heavy atom. The van der Waals surface area contributed by atoms with E-state index in [1.54, 1.807) is 11.3 Å². The molecule has 3 rings (SSSR count). The quantitative estimate of drug-likeness (QED) is 0.898. The zero-order valence-electron chi connectivity index (χ0n) is 13.4. The van der Waals surface area contributed by atoms with Gasteiger partial charge in [-0.2, -0.15) is 0 Å². The van der Waals surface area contributed by atoms with Crippen molar-refractivity contribution < 1.29 is 9.53 Å². The summed E-state index contributed by atoms with van der Waals surface area (Å²) in [5, 5.41) is 6.10. The van der Waals surface area contributed by atoms with Gasteiger partial charge in [0.2, 0.25) is 0 Å². The second-order valence-electron chi connectivity index (χ2n) is 6.00. The lowest BCUT2D eigenvalue weighted by Gasteiger charge is -2.22. The normalized spacial score (nSPS) is 15.3. The molecule has 4 nitrogen and oxygen atoms in total. The topological polar surface area (TPSA) is 51.2 Å². The Bertz CT molecular complexity index is 645. The molecule has 5 heteroatoms. The van der Waals surface area contributed by atoms with Crippen molar-refractivity contribution in [1.82, 2.24) is 10.3 Å². The van der Waals surface area contributed by atoms with Gasteiger partial charge in [0.1, 0.15) is 17.4 Å². The van der Waals surface area contributed by atoms with Crippen LogP contribution in [0, 0.1) is 6.92 Å². The first kappa shape index (κ1) is 16.0. The Labute approximate surface area is 140 Å². The van der Waals surface area contributed by atoms with Crippen molar-refractivity contribution in [3.05, 3.63) is 45.9 Å². The molecule has 1 aliphatic carbocycles. The van der Waals surface area contributed by atoms with Crippen molar-refractivity contribution in [2.45, 2.75) is 51.7 Å². The minimum Gasteiger partial charge on any atom is -0.486 e. The fraction of sp³-hybridized carbons (Fsp3) is 0.444. The number of aromatic nitrogens is 1. The lowest BCUT2D eigenvalue weighted by molar-refractivity contribution is 0.0927. The van der Waals surface area contributed by atoms with Crippen LogP contribution in [-0.2, 0) is 6.61 Å². The first-order chi connectivity index (χ1) is 11.2. The molecule has 0 bridgehead atoms. The van der Waals surface area contributed by atoms with Crippen LogP contribution in [0.2, 0.25) is 0 Å².